The van der Waals surface area contributed by atoms with Crippen LogP contribution in [-0.4, -0.2) is 35.7 Å². The van der Waals surface area contributed by atoms with Gasteiger partial charge in [-0.05, 0) is 75.1 Å². The van der Waals surface area contributed by atoms with Crippen LogP contribution in [-0.2, 0) is 11.4 Å². The molecule has 4 rings (SSSR count). The molecular formula is C26H34N2O4. The number of piperidine rings is 1. The van der Waals surface area contributed by atoms with E-state index in [1.54, 1.807) is 13.2 Å². The fourth-order valence-corrected chi connectivity index (χ4v) is 5.34. The topological polar surface area (TPSA) is 64.8 Å². The molecule has 0 spiro atoms. The number of amides is 1. The molecule has 1 saturated heterocycles. The first-order valence-electron chi connectivity index (χ1n) is 11.7. The van der Waals surface area contributed by atoms with Crippen molar-refractivity contribution in [2.24, 2.45) is 11.8 Å². The zero-order chi connectivity index (χ0) is 22.7. The number of benzene rings is 1. The minimum Gasteiger partial charge on any atom is -0.493 e. The number of nitrogens with zero attached hydrogens (tertiary/aromatic N) is 2. The summed E-state index contributed by atoms with van der Waals surface area (Å²) in [7, 11) is 1.62. The van der Waals surface area contributed by atoms with Gasteiger partial charge in [-0.1, -0.05) is 24.6 Å². The minimum absolute atomic E-state index is 0.117. The summed E-state index contributed by atoms with van der Waals surface area (Å²) in [4.78, 5) is 15.2. The number of carbonyl (C=O) groups excluding carboxylic acids is 1. The Hall–Kier alpha value is -2.76. The van der Waals surface area contributed by atoms with Gasteiger partial charge in [0, 0.05) is 18.7 Å². The van der Waals surface area contributed by atoms with Crippen LogP contribution in [0.5, 0.6) is 11.5 Å². The van der Waals surface area contributed by atoms with Gasteiger partial charge in [-0.25, -0.2) is 0 Å². The van der Waals surface area contributed by atoms with E-state index in [1.807, 2.05) is 38.1 Å². The number of ether oxygens (including phenoxy) is 2. The smallest absolute Gasteiger partial charge is 0.246 e. The van der Waals surface area contributed by atoms with Gasteiger partial charge in [-0.3, -0.25) is 4.79 Å². The number of carbonyl (C=O) groups is 1. The van der Waals surface area contributed by atoms with Crippen LogP contribution in [0.2, 0.25) is 0 Å². The predicted octanol–water partition coefficient (Wildman–Crippen LogP) is 5.32. The van der Waals surface area contributed by atoms with Crippen LogP contribution in [0, 0.1) is 25.7 Å². The maximum atomic E-state index is 13.1. The van der Waals surface area contributed by atoms with Crippen LogP contribution in [0.15, 0.2) is 28.8 Å². The average molecular weight is 439 g/mol. The second-order valence-electron chi connectivity index (χ2n) is 9.17. The first-order valence-corrected chi connectivity index (χ1v) is 11.7. The molecule has 6 heteroatoms. The average Bonchev–Trinajstić information content (AvgIpc) is 3.13. The third kappa shape index (κ3) is 4.69. The quantitative estimate of drug-likeness (QED) is 0.571. The molecule has 1 aromatic carbocycles. The third-order valence-corrected chi connectivity index (χ3v) is 7.08. The molecule has 0 radical (unpaired) electrons. The van der Waals surface area contributed by atoms with E-state index in [9.17, 15) is 4.79 Å². The molecule has 2 fully saturated rings. The molecule has 1 aliphatic heterocycles. The lowest BCUT2D eigenvalue weighted by atomic mass is 9.73. The van der Waals surface area contributed by atoms with E-state index in [2.05, 4.69) is 17.0 Å². The molecular weight excluding hydrogens is 404 g/mol. The molecule has 172 valence electrons. The summed E-state index contributed by atoms with van der Waals surface area (Å²) >= 11 is 0. The highest BCUT2D eigenvalue weighted by molar-refractivity contribution is 5.92. The number of aromatic nitrogens is 1. The zero-order valence-corrected chi connectivity index (χ0v) is 19.6. The fraction of sp³-hybridized carbons (Fsp3) is 0.538. The van der Waals surface area contributed by atoms with Gasteiger partial charge in [0.05, 0.1) is 18.4 Å². The Morgan fingerprint density at radius 2 is 2.03 bits per heavy atom. The molecule has 32 heavy (non-hydrogen) atoms. The second-order valence-corrected chi connectivity index (χ2v) is 9.17. The van der Waals surface area contributed by atoms with Gasteiger partial charge in [0.1, 0.15) is 12.4 Å². The largest absolute Gasteiger partial charge is 0.493 e. The number of methoxy groups -OCH3 is 1. The van der Waals surface area contributed by atoms with Gasteiger partial charge in [-0.2, -0.15) is 0 Å². The molecule has 0 bridgehead atoms. The van der Waals surface area contributed by atoms with E-state index >= 15 is 0 Å². The van der Waals surface area contributed by atoms with E-state index in [0.717, 1.165) is 35.5 Å². The molecule has 2 heterocycles. The molecule has 2 aliphatic rings. The molecule has 2 aromatic rings. The lowest BCUT2D eigenvalue weighted by Gasteiger charge is -2.47. The molecule has 0 N–H and O–H groups in total. The normalized spacial score (nSPS) is 23.2. The Morgan fingerprint density at radius 3 is 2.78 bits per heavy atom. The van der Waals surface area contributed by atoms with Crippen LogP contribution in [0.1, 0.15) is 61.6 Å². The van der Waals surface area contributed by atoms with Crippen molar-refractivity contribution in [1.29, 1.82) is 0 Å². The highest BCUT2D eigenvalue weighted by Gasteiger charge is 2.38. The van der Waals surface area contributed by atoms with Gasteiger partial charge in [0.2, 0.25) is 5.91 Å². The number of rotatable bonds is 6. The second kappa shape index (κ2) is 9.80. The van der Waals surface area contributed by atoms with E-state index in [4.69, 9.17) is 14.0 Å². The van der Waals surface area contributed by atoms with Crippen LogP contribution >= 0.6 is 0 Å². The van der Waals surface area contributed by atoms with Gasteiger partial charge < -0.3 is 18.9 Å². The molecule has 1 saturated carbocycles. The molecule has 1 aliphatic carbocycles. The Labute approximate surface area is 190 Å². The molecule has 1 aromatic heterocycles. The van der Waals surface area contributed by atoms with Crippen molar-refractivity contribution in [3.63, 3.8) is 0 Å². The van der Waals surface area contributed by atoms with Crippen molar-refractivity contribution in [3.05, 3.63) is 46.9 Å². The van der Waals surface area contributed by atoms with E-state index in [1.165, 1.54) is 25.7 Å². The summed E-state index contributed by atoms with van der Waals surface area (Å²) in [6.45, 7) is 7.31. The Bertz CT molecular complexity index is 959. The summed E-state index contributed by atoms with van der Waals surface area (Å²) in [6, 6.07) is 6.11. The van der Waals surface area contributed by atoms with Gasteiger partial charge in [0.25, 0.3) is 0 Å². The monoisotopic (exact) mass is 438 g/mol. The van der Waals surface area contributed by atoms with E-state index < -0.39 is 0 Å². The Balaban J connectivity index is 1.44. The highest BCUT2D eigenvalue weighted by Crippen LogP contribution is 2.39. The standard InChI is InChI=1S/C26H34N2O4/c1-17-7-5-8-21-9-6-14-28(26(17)21)25(29)13-11-20-10-12-23(24(15-20)30-4)31-16-22-18(2)27-32-19(22)3/h10-13,15,17,21,26H,5-9,14,16H2,1-4H3/b13-11+/t17-,21-,26+/m0/s1. The number of hydrogen-bond donors (Lipinski definition) is 0. The first kappa shape index (κ1) is 22.4. The number of aryl methyl sites for hydroxylation is 2. The van der Waals surface area contributed by atoms with Gasteiger partial charge in [0.15, 0.2) is 11.5 Å². The minimum atomic E-state index is 0.117. The number of likely N-dealkylation sites (tertiary alicyclic amines) is 1. The van der Waals surface area contributed by atoms with Crippen molar-refractivity contribution in [3.8, 4) is 11.5 Å². The number of fused-ring (bicyclic) bond motifs is 1. The highest BCUT2D eigenvalue weighted by atomic mass is 16.5. The maximum absolute atomic E-state index is 13.1. The predicted molar refractivity (Wildman–Crippen MR) is 124 cm³/mol. The summed E-state index contributed by atoms with van der Waals surface area (Å²) in [6.07, 6.45) is 9.73. The van der Waals surface area contributed by atoms with Crippen molar-refractivity contribution in [2.75, 3.05) is 13.7 Å². The number of hydrogen-bond acceptors (Lipinski definition) is 5. The summed E-state index contributed by atoms with van der Waals surface area (Å²) in [5, 5.41) is 3.96. The summed E-state index contributed by atoms with van der Waals surface area (Å²) in [5.74, 6) is 3.40. The van der Waals surface area contributed by atoms with E-state index in [-0.39, 0.29) is 5.91 Å². The SMILES string of the molecule is COc1cc(/C=C/C(=O)N2CCC[C@@H]3CCC[C@H](C)[C@H]32)ccc1OCc1c(C)noc1C. The molecule has 0 unspecified atom stereocenters. The van der Waals surface area contributed by atoms with Crippen molar-refractivity contribution >= 4 is 12.0 Å². The van der Waals surface area contributed by atoms with Crippen molar-refractivity contribution in [1.82, 2.24) is 10.1 Å². The maximum Gasteiger partial charge on any atom is 0.246 e. The summed E-state index contributed by atoms with van der Waals surface area (Å²) < 4.78 is 16.7. The van der Waals surface area contributed by atoms with E-state index in [0.29, 0.717) is 36.0 Å². The Kier molecular flexibility index (Phi) is 6.87. The van der Waals surface area contributed by atoms with Crippen LogP contribution in [0.4, 0.5) is 0 Å². The zero-order valence-electron chi connectivity index (χ0n) is 19.6. The van der Waals surface area contributed by atoms with Crippen molar-refractivity contribution < 1.29 is 18.8 Å². The molecule has 6 nitrogen and oxygen atoms in total. The van der Waals surface area contributed by atoms with Crippen molar-refractivity contribution in [2.45, 2.75) is 65.5 Å². The third-order valence-electron chi connectivity index (χ3n) is 7.08. The fourth-order valence-electron chi connectivity index (χ4n) is 5.34. The van der Waals surface area contributed by atoms with Gasteiger partial charge >= 0.3 is 0 Å². The van der Waals surface area contributed by atoms with Crippen LogP contribution < -0.4 is 9.47 Å². The van der Waals surface area contributed by atoms with Gasteiger partial charge in [-0.15, -0.1) is 0 Å². The molecule has 1 amide bonds. The Morgan fingerprint density at radius 1 is 1.22 bits per heavy atom. The van der Waals surface area contributed by atoms with Crippen LogP contribution in [0.3, 0.4) is 0 Å². The summed E-state index contributed by atoms with van der Waals surface area (Å²) in [5.41, 5.74) is 2.68. The molecule has 3 atom stereocenters. The first-order chi connectivity index (χ1) is 15.5. The lowest BCUT2D eigenvalue weighted by Crippen LogP contribution is -2.52. The lowest BCUT2D eigenvalue weighted by molar-refractivity contribution is -0.133. The van der Waals surface area contributed by atoms with Crippen LogP contribution in [0.25, 0.3) is 6.08 Å².